The van der Waals surface area contributed by atoms with Crippen molar-refractivity contribution >= 4 is 10.9 Å². The predicted molar refractivity (Wildman–Crippen MR) is 133 cm³/mol. The Morgan fingerprint density at radius 3 is 2.56 bits per heavy atom. The highest BCUT2D eigenvalue weighted by Gasteiger charge is 2.16. The highest BCUT2D eigenvalue weighted by molar-refractivity contribution is 5.95. The molecule has 1 saturated heterocycles. The Hall–Kier alpha value is -3.17. The zero-order chi connectivity index (χ0) is 21.8. The molecule has 1 aromatic heterocycles. The van der Waals surface area contributed by atoms with Gasteiger partial charge in [-0.2, -0.15) is 0 Å². The second kappa shape index (κ2) is 9.54. The van der Waals surface area contributed by atoms with E-state index in [2.05, 4.69) is 79.0 Å². The first-order chi connectivity index (χ1) is 15.8. The molecule has 1 fully saturated rings. The largest absolute Gasteiger partial charge is 0.492 e. The molecule has 0 amide bonds. The number of piperidine rings is 1. The Morgan fingerprint density at radius 2 is 1.75 bits per heavy atom. The Kier molecular flexibility index (Phi) is 6.17. The van der Waals surface area contributed by atoms with Crippen LogP contribution in [0.3, 0.4) is 0 Å². The van der Waals surface area contributed by atoms with Gasteiger partial charge in [-0.25, -0.2) is 0 Å². The van der Waals surface area contributed by atoms with Gasteiger partial charge in [-0.15, -0.1) is 0 Å². The lowest BCUT2D eigenvalue weighted by Crippen LogP contribution is -2.35. The van der Waals surface area contributed by atoms with E-state index >= 15 is 0 Å². The van der Waals surface area contributed by atoms with Crippen LogP contribution in [0.2, 0.25) is 0 Å². The molecule has 0 bridgehead atoms. The molecule has 3 nitrogen and oxygen atoms in total. The van der Waals surface area contributed by atoms with E-state index in [-0.39, 0.29) is 0 Å². The fraction of sp³-hybridized carbons (Fsp3) is 0.276. The summed E-state index contributed by atoms with van der Waals surface area (Å²) >= 11 is 0. The summed E-state index contributed by atoms with van der Waals surface area (Å²) in [6, 6.07) is 26.0. The molecule has 0 aliphatic carbocycles. The fourth-order valence-electron chi connectivity index (χ4n) is 4.69. The molecular weight excluding hydrogens is 392 g/mol. The normalized spacial score (nSPS) is 16.2. The smallest absolute Gasteiger partial charge is 0.138 e. The van der Waals surface area contributed by atoms with Crippen LogP contribution in [0.1, 0.15) is 31.2 Å². The summed E-state index contributed by atoms with van der Waals surface area (Å²) in [5.41, 5.74) is 6.86. The van der Waals surface area contributed by atoms with Crippen molar-refractivity contribution in [3.8, 4) is 28.0 Å². The molecule has 1 unspecified atom stereocenters. The summed E-state index contributed by atoms with van der Waals surface area (Å²) < 4.78 is 6.55. The van der Waals surface area contributed by atoms with Crippen LogP contribution in [0.4, 0.5) is 0 Å². The SMILES string of the molecule is Cc1ccccc1-c1ccc2ncc(-c3ccccc3)c(OCCC3CCCCN3)c2c1. The van der Waals surface area contributed by atoms with Gasteiger partial charge >= 0.3 is 0 Å². The minimum absolute atomic E-state index is 0.555. The average Bonchev–Trinajstić information content (AvgIpc) is 2.85. The lowest BCUT2D eigenvalue weighted by molar-refractivity contribution is 0.271. The third-order valence-electron chi connectivity index (χ3n) is 6.48. The number of hydrogen-bond donors (Lipinski definition) is 1. The molecule has 5 rings (SSSR count). The first-order valence-electron chi connectivity index (χ1n) is 11.7. The van der Waals surface area contributed by atoms with Crippen LogP contribution >= 0.6 is 0 Å². The predicted octanol–water partition coefficient (Wildman–Crippen LogP) is 6.79. The van der Waals surface area contributed by atoms with E-state index in [1.54, 1.807) is 0 Å². The van der Waals surface area contributed by atoms with Gasteiger partial charge in [0.1, 0.15) is 5.75 Å². The molecule has 0 radical (unpaired) electrons. The molecule has 2 heterocycles. The van der Waals surface area contributed by atoms with Crippen molar-refractivity contribution in [1.29, 1.82) is 0 Å². The topological polar surface area (TPSA) is 34.1 Å². The summed E-state index contributed by atoms with van der Waals surface area (Å²) in [5.74, 6) is 0.937. The van der Waals surface area contributed by atoms with Crippen LogP contribution in [0.5, 0.6) is 5.75 Å². The van der Waals surface area contributed by atoms with Gasteiger partial charge in [-0.3, -0.25) is 4.98 Å². The van der Waals surface area contributed by atoms with Crippen molar-refractivity contribution < 1.29 is 4.74 Å². The fourth-order valence-corrected chi connectivity index (χ4v) is 4.69. The van der Waals surface area contributed by atoms with Crippen LogP contribution in [-0.4, -0.2) is 24.2 Å². The second-order valence-corrected chi connectivity index (χ2v) is 8.70. The van der Waals surface area contributed by atoms with Crippen molar-refractivity contribution in [2.24, 2.45) is 0 Å². The minimum Gasteiger partial charge on any atom is -0.492 e. The number of hydrogen-bond acceptors (Lipinski definition) is 3. The Morgan fingerprint density at radius 1 is 0.906 bits per heavy atom. The number of aromatic nitrogens is 1. The van der Waals surface area contributed by atoms with Crippen LogP contribution in [0.15, 0.2) is 79.0 Å². The van der Waals surface area contributed by atoms with Gasteiger partial charge in [0.25, 0.3) is 0 Å². The monoisotopic (exact) mass is 422 g/mol. The third kappa shape index (κ3) is 4.39. The second-order valence-electron chi connectivity index (χ2n) is 8.70. The minimum atomic E-state index is 0.555. The van der Waals surface area contributed by atoms with Gasteiger partial charge in [0.2, 0.25) is 0 Å². The van der Waals surface area contributed by atoms with Gasteiger partial charge in [-0.1, -0.05) is 67.1 Å². The van der Waals surface area contributed by atoms with E-state index in [4.69, 9.17) is 9.72 Å². The van der Waals surface area contributed by atoms with Gasteiger partial charge < -0.3 is 10.1 Å². The maximum Gasteiger partial charge on any atom is 0.138 e. The maximum atomic E-state index is 6.55. The molecule has 0 spiro atoms. The maximum absolute atomic E-state index is 6.55. The van der Waals surface area contributed by atoms with Gasteiger partial charge in [0.15, 0.2) is 0 Å². The number of pyridine rings is 1. The number of ether oxygens (including phenoxy) is 1. The van der Waals surface area contributed by atoms with Crippen molar-refractivity contribution in [2.75, 3.05) is 13.2 Å². The van der Waals surface area contributed by atoms with Crippen molar-refractivity contribution in [3.05, 3.63) is 84.6 Å². The number of aryl methyl sites for hydroxylation is 1. The Bertz CT molecular complexity index is 1200. The standard InChI is InChI=1S/C29H30N2O/c1-21-9-5-6-13-25(21)23-14-15-28-26(19-23)29(32-18-16-24-12-7-8-17-30-24)27(20-31-28)22-10-3-2-4-11-22/h2-6,9-11,13-15,19-20,24,30H,7-8,12,16-18H2,1H3. The molecule has 1 aliphatic rings. The van der Waals surface area contributed by atoms with Gasteiger partial charge in [0, 0.05) is 23.2 Å². The molecule has 1 aliphatic heterocycles. The number of nitrogens with one attached hydrogen (secondary N) is 1. The molecule has 1 N–H and O–H groups in total. The third-order valence-corrected chi connectivity index (χ3v) is 6.48. The number of fused-ring (bicyclic) bond motifs is 1. The summed E-state index contributed by atoms with van der Waals surface area (Å²) in [7, 11) is 0. The van der Waals surface area contributed by atoms with Crippen LogP contribution < -0.4 is 10.1 Å². The first kappa shape index (κ1) is 20.7. The van der Waals surface area contributed by atoms with E-state index in [9.17, 15) is 0 Å². The molecular formula is C29H30N2O. The zero-order valence-corrected chi connectivity index (χ0v) is 18.7. The lowest BCUT2D eigenvalue weighted by Gasteiger charge is -2.24. The van der Waals surface area contributed by atoms with Crippen molar-refractivity contribution in [2.45, 2.75) is 38.6 Å². The number of benzene rings is 3. The summed E-state index contributed by atoms with van der Waals surface area (Å²) in [5, 5.41) is 4.71. The van der Waals surface area contributed by atoms with E-state index in [0.717, 1.165) is 40.7 Å². The zero-order valence-electron chi connectivity index (χ0n) is 18.7. The molecule has 3 heteroatoms. The van der Waals surface area contributed by atoms with E-state index in [1.165, 1.54) is 36.0 Å². The quantitative estimate of drug-likeness (QED) is 0.371. The summed E-state index contributed by atoms with van der Waals surface area (Å²) in [6.45, 7) is 3.98. The van der Waals surface area contributed by atoms with E-state index in [0.29, 0.717) is 12.6 Å². The van der Waals surface area contributed by atoms with Gasteiger partial charge in [0.05, 0.1) is 12.1 Å². The molecule has 0 saturated carbocycles. The highest BCUT2D eigenvalue weighted by atomic mass is 16.5. The Labute approximate surface area is 190 Å². The molecule has 3 aromatic carbocycles. The van der Waals surface area contributed by atoms with Crippen molar-refractivity contribution in [1.82, 2.24) is 10.3 Å². The molecule has 4 aromatic rings. The van der Waals surface area contributed by atoms with Crippen molar-refractivity contribution in [3.63, 3.8) is 0 Å². The van der Waals surface area contributed by atoms with Gasteiger partial charge in [-0.05, 0) is 67.1 Å². The number of nitrogens with zero attached hydrogens (tertiary/aromatic N) is 1. The summed E-state index contributed by atoms with van der Waals surface area (Å²) in [4.78, 5) is 4.78. The van der Waals surface area contributed by atoms with E-state index in [1.807, 2.05) is 12.3 Å². The van der Waals surface area contributed by atoms with Crippen LogP contribution in [-0.2, 0) is 0 Å². The summed E-state index contributed by atoms with van der Waals surface area (Å²) in [6.07, 6.45) is 6.81. The molecule has 1 atom stereocenters. The molecule has 162 valence electrons. The van der Waals surface area contributed by atoms with Crippen LogP contribution in [0.25, 0.3) is 33.2 Å². The average molecular weight is 423 g/mol. The van der Waals surface area contributed by atoms with Crippen LogP contribution in [0, 0.1) is 6.92 Å². The molecule has 32 heavy (non-hydrogen) atoms. The Balaban J connectivity index is 1.55. The first-order valence-corrected chi connectivity index (χ1v) is 11.7. The lowest BCUT2D eigenvalue weighted by atomic mass is 9.97. The van der Waals surface area contributed by atoms with E-state index < -0.39 is 0 Å². The number of rotatable bonds is 6. The highest BCUT2D eigenvalue weighted by Crippen LogP contribution is 2.38.